The predicted molar refractivity (Wildman–Crippen MR) is 115 cm³/mol. The van der Waals surface area contributed by atoms with Crippen molar-refractivity contribution in [2.75, 3.05) is 38.0 Å². The average Bonchev–Trinajstić information content (AvgIpc) is 3.28. The molecule has 0 bridgehead atoms. The minimum absolute atomic E-state index is 0.173. The van der Waals surface area contributed by atoms with E-state index in [1.54, 1.807) is 12.1 Å². The fourth-order valence-corrected chi connectivity index (χ4v) is 4.61. The second kappa shape index (κ2) is 8.56. The van der Waals surface area contributed by atoms with E-state index in [0.29, 0.717) is 13.1 Å². The van der Waals surface area contributed by atoms with Crippen molar-refractivity contribution in [3.63, 3.8) is 0 Å². The third-order valence-electron chi connectivity index (χ3n) is 6.31. The lowest BCUT2D eigenvalue weighted by Gasteiger charge is -2.23. The summed E-state index contributed by atoms with van der Waals surface area (Å²) in [6.45, 7) is 4.85. The van der Waals surface area contributed by atoms with Gasteiger partial charge in [0, 0.05) is 19.6 Å². The Labute approximate surface area is 176 Å². The van der Waals surface area contributed by atoms with E-state index < -0.39 is 5.82 Å². The van der Waals surface area contributed by atoms with Crippen LogP contribution >= 0.6 is 0 Å². The molecule has 4 rings (SSSR count). The van der Waals surface area contributed by atoms with Gasteiger partial charge in [-0.25, -0.2) is 4.39 Å². The predicted octanol–water partition coefficient (Wildman–Crippen LogP) is 3.24. The number of carbonyl (C=O) groups is 2. The van der Waals surface area contributed by atoms with Crippen molar-refractivity contribution in [1.29, 1.82) is 0 Å². The molecule has 1 atom stereocenters. The second-order valence-electron chi connectivity index (χ2n) is 8.55. The zero-order valence-corrected chi connectivity index (χ0v) is 17.4. The number of benzene rings is 2. The maximum atomic E-state index is 13.9. The van der Waals surface area contributed by atoms with Crippen LogP contribution in [0.2, 0.25) is 0 Å². The van der Waals surface area contributed by atoms with Gasteiger partial charge in [-0.3, -0.25) is 14.5 Å². The Kier molecular flexibility index (Phi) is 5.86. The van der Waals surface area contributed by atoms with Crippen molar-refractivity contribution < 1.29 is 14.0 Å². The van der Waals surface area contributed by atoms with Crippen molar-refractivity contribution in [3.05, 3.63) is 65.5 Å². The molecule has 5 nitrogen and oxygen atoms in total. The number of likely N-dealkylation sites (tertiary alicyclic amines) is 2. The van der Waals surface area contributed by atoms with E-state index in [4.69, 9.17) is 0 Å². The molecule has 2 aromatic rings. The molecule has 0 saturated carbocycles. The summed E-state index contributed by atoms with van der Waals surface area (Å²) >= 11 is 0. The monoisotopic (exact) mass is 409 g/mol. The highest BCUT2D eigenvalue weighted by molar-refractivity contribution is 5.92. The summed E-state index contributed by atoms with van der Waals surface area (Å²) in [6, 6.07) is 14.9. The average molecular weight is 410 g/mol. The van der Waals surface area contributed by atoms with Crippen LogP contribution in [-0.2, 0) is 16.0 Å². The maximum absolute atomic E-state index is 13.9. The van der Waals surface area contributed by atoms with Gasteiger partial charge in [0.15, 0.2) is 0 Å². The van der Waals surface area contributed by atoms with Gasteiger partial charge in [0.1, 0.15) is 5.82 Å². The molecule has 2 saturated heterocycles. The van der Waals surface area contributed by atoms with Gasteiger partial charge in [-0.2, -0.15) is 0 Å². The summed E-state index contributed by atoms with van der Waals surface area (Å²) in [7, 11) is 0. The Morgan fingerprint density at radius 1 is 1.13 bits per heavy atom. The second-order valence-corrected chi connectivity index (χ2v) is 8.55. The van der Waals surface area contributed by atoms with Crippen molar-refractivity contribution in [2.45, 2.75) is 26.2 Å². The molecule has 6 heteroatoms. The van der Waals surface area contributed by atoms with Gasteiger partial charge in [-0.15, -0.1) is 0 Å². The molecule has 0 radical (unpaired) electrons. The van der Waals surface area contributed by atoms with Crippen LogP contribution < -0.4 is 5.32 Å². The van der Waals surface area contributed by atoms with Gasteiger partial charge in [-0.05, 0) is 56.0 Å². The molecule has 2 aliphatic rings. The summed E-state index contributed by atoms with van der Waals surface area (Å²) in [6.07, 6.45) is 2.47. The van der Waals surface area contributed by atoms with Crippen LogP contribution in [0.5, 0.6) is 0 Å². The van der Waals surface area contributed by atoms with Crippen LogP contribution in [0.25, 0.3) is 0 Å². The van der Waals surface area contributed by atoms with Crippen LogP contribution in [0, 0.1) is 18.2 Å². The van der Waals surface area contributed by atoms with Gasteiger partial charge in [0.05, 0.1) is 17.6 Å². The number of hydrogen-bond acceptors (Lipinski definition) is 3. The topological polar surface area (TPSA) is 52.7 Å². The van der Waals surface area contributed by atoms with E-state index in [9.17, 15) is 14.0 Å². The SMILES string of the molecule is Cc1ccc(F)c(NC(=O)CN2CCC3(CCN(CCc4ccccc4)C3=O)C2)c1. The van der Waals surface area contributed by atoms with E-state index in [1.165, 1.54) is 11.6 Å². The largest absolute Gasteiger partial charge is 0.342 e. The lowest BCUT2D eigenvalue weighted by Crippen LogP contribution is -2.39. The third-order valence-corrected chi connectivity index (χ3v) is 6.31. The van der Waals surface area contributed by atoms with Crippen LogP contribution in [0.1, 0.15) is 24.0 Å². The molecule has 1 N–H and O–H groups in total. The first-order valence-electron chi connectivity index (χ1n) is 10.6. The summed E-state index contributed by atoms with van der Waals surface area (Å²) in [5.41, 5.74) is 1.96. The minimum Gasteiger partial charge on any atom is -0.342 e. The highest BCUT2D eigenvalue weighted by Gasteiger charge is 2.50. The molecule has 2 amide bonds. The molecule has 158 valence electrons. The Hall–Kier alpha value is -2.73. The fourth-order valence-electron chi connectivity index (χ4n) is 4.61. The van der Waals surface area contributed by atoms with Crippen LogP contribution in [-0.4, -0.2) is 54.3 Å². The molecule has 2 aliphatic heterocycles. The molecule has 0 aromatic heterocycles. The van der Waals surface area contributed by atoms with Gasteiger partial charge in [0.2, 0.25) is 11.8 Å². The summed E-state index contributed by atoms with van der Waals surface area (Å²) < 4.78 is 13.9. The molecule has 1 spiro atoms. The van der Waals surface area contributed by atoms with Gasteiger partial charge in [-0.1, -0.05) is 36.4 Å². The molecule has 0 aliphatic carbocycles. The van der Waals surface area contributed by atoms with Crippen molar-refractivity contribution >= 4 is 17.5 Å². The number of anilines is 1. The number of nitrogens with zero attached hydrogens (tertiary/aromatic N) is 2. The number of halogens is 1. The Morgan fingerprint density at radius 3 is 2.70 bits per heavy atom. The highest BCUT2D eigenvalue weighted by Crippen LogP contribution is 2.40. The number of nitrogens with one attached hydrogen (secondary N) is 1. The van der Waals surface area contributed by atoms with Crippen LogP contribution in [0.3, 0.4) is 0 Å². The fraction of sp³-hybridized carbons (Fsp3) is 0.417. The molecular weight excluding hydrogens is 381 g/mol. The van der Waals surface area contributed by atoms with Crippen LogP contribution in [0.15, 0.2) is 48.5 Å². The first-order valence-corrected chi connectivity index (χ1v) is 10.6. The van der Waals surface area contributed by atoms with Crippen molar-refractivity contribution in [2.24, 2.45) is 5.41 Å². The van der Waals surface area contributed by atoms with Crippen LogP contribution in [0.4, 0.5) is 10.1 Å². The normalized spacial score (nSPS) is 21.5. The quantitative estimate of drug-likeness (QED) is 0.797. The first-order chi connectivity index (χ1) is 14.4. The number of aryl methyl sites for hydroxylation is 1. The lowest BCUT2D eigenvalue weighted by molar-refractivity contribution is -0.135. The Morgan fingerprint density at radius 2 is 1.90 bits per heavy atom. The van der Waals surface area contributed by atoms with E-state index >= 15 is 0 Å². The van der Waals surface area contributed by atoms with Gasteiger partial charge < -0.3 is 10.2 Å². The zero-order chi connectivity index (χ0) is 21.1. The zero-order valence-electron chi connectivity index (χ0n) is 17.4. The Bertz CT molecular complexity index is 933. The van der Waals surface area contributed by atoms with Crippen molar-refractivity contribution in [3.8, 4) is 0 Å². The molecule has 2 heterocycles. The minimum atomic E-state index is -0.438. The summed E-state index contributed by atoms with van der Waals surface area (Å²) in [4.78, 5) is 29.5. The molecule has 1 unspecified atom stereocenters. The Balaban J connectivity index is 1.30. The standard InChI is InChI=1S/C24H28FN3O2/c1-18-7-8-20(25)21(15-18)26-22(29)16-27-13-10-24(17-27)11-14-28(23(24)30)12-9-19-5-3-2-4-6-19/h2-8,15H,9-14,16-17H2,1H3,(H,26,29). The number of carbonyl (C=O) groups excluding carboxylic acids is 2. The summed E-state index contributed by atoms with van der Waals surface area (Å²) in [5, 5.41) is 2.66. The summed E-state index contributed by atoms with van der Waals surface area (Å²) in [5.74, 6) is -0.471. The molecular formula is C24H28FN3O2. The lowest BCUT2D eigenvalue weighted by atomic mass is 9.85. The molecule has 30 heavy (non-hydrogen) atoms. The van der Waals surface area contributed by atoms with E-state index in [-0.39, 0.29) is 29.5 Å². The first kappa shape index (κ1) is 20.5. The smallest absolute Gasteiger partial charge is 0.238 e. The maximum Gasteiger partial charge on any atom is 0.238 e. The molecule has 2 fully saturated rings. The highest BCUT2D eigenvalue weighted by atomic mass is 19.1. The molecule has 2 aromatic carbocycles. The number of amides is 2. The van der Waals surface area contributed by atoms with Gasteiger partial charge >= 0.3 is 0 Å². The van der Waals surface area contributed by atoms with Gasteiger partial charge in [0.25, 0.3) is 0 Å². The number of rotatable bonds is 6. The van der Waals surface area contributed by atoms with Crippen molar-refractivity contribution in [1.82, 2.24) is 9.80 Å². The number of hydrogen-bond donors (Lipinski definition) is 1. The van der Waals surface area contributed by atoms with E-state index in [2.05, 4.69) is 17.4 Å². The van der Waals surface area contributed by atoms with E-state index in [0.717, 1.165) is 37.9 Å². The van der Waals surface area contributed by atoms with E-state index in [1.807, 2.05) is 34.9 Å². The third kappa shape index (κ3) is 4.38.